The van der Waals surface area contributed by atoms with Crippen LogP contribution in [0.4, 0.5) is 14.5 Å². The molecule has 1 heterocycles. The minimum Gasteiger partial charge on any atom is -0.381 e. The maximum Gasteiger partial charge on any atom is 0.262 e. The predicted molar refractivity (Wildman–Crippen MR) is 120 cm³/mol. The molecule has 1 amide bonds. The Balaban J connectivity index is 2.35. The van der Waals surface area contributed by atoms with E-state index in [0.29, 0.717) is 11.4 Å². The first-order valence-corrected chi connectivity index (χ1v) is 9.54. The van der Waals surface area contributed by atoms with Gasteiger partial charge in [0.25, 0.3) is 5.91 Å². The molecule has 6 nitrogen and oxygen atoms in total. The van der Waals surface area contributed by atoms with Gasteiger partial charge in [0.15, 0.2) is 0 Å². The molecule has 0 aliphatic heterocycles. The second-order valence-electron chi connectivity index (χ2n) is 6.49. The van der Waals surface area contributed by atoms with Crippen LogP contribution in [0.2, 0.25) is 0 Å². The zero-order valence-corrected chi connectivity index (χ0v) is 17.8. The number of benzene rings is 1. The number of rotatable bonds is 9. The van der Waals surface area contributed by atoms with Gasteiger partial charge in [-0.1, -0.05) is 18.7 Å². The Hall–Kier alpha value is -3.96. The second-order valence-corrected chi connectivity index (χ2v) is 6.49. The molecule has 0 N–H and O–H groups in total. The Bertz CT molecular complexity index is 1100. The molecule has 2 rings (SSSR count). The van der Waals surface area contributed by atoms with Crippen molar-refractivity contribution in [2.75, 3.05) is 25.2 Å². The number of methoxy groups -OCH3 is 1. The summed E-state index contributed by atoms with van der Waals surface area (Å²) in [7, 11) is 1.45. The number of pyridine rings is 1. The normalized spacial score (nSPS) is 12.0. The quantitative estimate of drug-likeness (QED) is 0.425. The smallest absolute Gasteiger partial charge is 0.262 e. The van der Waals surface area contributed by atoms with Crippen molar-refractivity contribution in [1.29, 1.82) is 5.26 Å². The molecule has 0 saturated heterocycles. The van der Waals surface area contributed by atoms with E-state index in [1.54, 1.807) is 37.4 Å². The fourth-order valence-electron chi connectivity index (χ4n) is 2.74. The monoisotopic (exact) mass is 436 g/mol. The Kier molecular flexibility index (Phi) is 9.14. The number of hydrogen-bond donors (Lipinski definition) is 0. The van der Waals surface area contributed by atoms with Gasteiger partial charge in [0.05, 0.1) is 36.8 Å². The molecule has 8 heteroatoms. The first-order chi connectivity index (χ1) is 15.4. The summed E-state index contributed by atoms with van der Waals surface area (Å²) in [5, 5.41) is 9.30. The van der Waals surface area contributed by atoms with E-state index in [1.165, 1.54) is 36.4 Å². The summed E-state index contributed by atoms with van der Waals surface area (Å²) in [6, 6.07) is 9.10. The molecule has 32 heavy (non-hydrogen) atoms. The highest BCUT2D eigenvalue weighted by Gasteiger charge is 2.24. The summed E-state index contributed by atoms with van der Waals surface area (Å²) in [6.45, 7) is 5.69. The maximum absolute atomic E-state index is 14.0. The van der Waals surface area contributed by atoms with Gasteiger partial charge in [0, 0.05) is 30.1 Å². The predicted octanol–water partition coefficient (Wildman–Crippen LogP) is 4.61. The van der Waals surface area contributed by atoms with Crippen molar-refractivity contribution in [2.45, 2.75) is 6.92 Å². The molecular formula is C24H22F2N4O2. The van der Waals surface area contributed by atoms with Gasteiger partial charge >= 0.3 is 0 Å². The number of aliphatic imine (C=N–C) groups is 1. The lowest BCUT2D eigenvalue weighted by molar-refractivity contribution is -0.112. The molecule has 0 unspecified atom stereocenters. The van der Waals surface area contributed by atoms with Crippen LogP contribution < -0.4 is 4.90 Å². The van der Waals surface area contributed by atoms with Crippen LogP contribution in [-0.2, 0) is 9.53 Å². The molecule has 0 fully saturated rings. The largest absolute Gasteiger partial charge is 0.381 e. The first kappa shape index (κ1) is 24.3. The highest BCUT2D eigenvalue weighted by atomic mass is 19.1. The van der Waals surface area contributed by atoms with Crippen LogP contribution >= 0.6 is 0 Å². The molecule has 1 aromatic heterocycles. The van der Waals surface area contributed by atoms with Crippen molar-refractivity contribution in [3.63, 3.8) is 0 Å². The lowest BCUT2D eigenvalue weighted by atomic mass is 9.99. The second kappa shape index (κ2) is 12.0. The Morgan fingerprint density at radius 2 is 2.12 bits per heavy atom. The fourth-order valence-corrected chi connectivity index (χ4v) is 2.74. The Morgan fingerprint density at radius 1 is 1.34 bits per heavy atom. The third-order valence-corrected chi connectivity index (χ3v) is 4.32. The molecule has 0 radical (unpaired) electrons. The first-order valence-electron chi connectivity index (χ1n) is 9.54. The van der Waals surface area contributed by atoms with Crippen LogP contribution in [0.3, 0.4) is 0 Å². The minimum atomic E-state index is -0.739. The van der Waals surface area contributed by atoms with E-state index in [0.717, 1.165) is 12.3 Å². The third kappa shape index (κ3) is 6.27. The standard InChI is InChI=1S/C24H22F2N4O2/c1-17(9-12-29-15-19(25)10-13-32-3)30(20-6-5-11-28-16-20)24(31)18(2)21-7-4-8-23(26)22(21)14-27/h4-11,15-16H,2,12-13H2,1,3H3/b17-9+,19-10+,29-15?. The van der Waals surface area contributed by atoms with E-state index in [-0.39, 0.29) is 29.9 Å². The van der Waals surface area contributed by atoms with Gasteiger partial charge in [-0.3, -0.25) is 19.7 Å². The van der Waals surface area contributed by atoms with Crippen molar-refractivity contribution in [3.8, 4) is 6.07 Å². The number of carbonyl (C=O) groups is 1. The Morgan fingerprint density at radius 3 is 2.78 bits per heavy atom. The molecule has 0 aliphatic rings. The highest BCUT2D eigenvalue weighted by molar-refractivity contribution is 6.27. The van der Waals surface area contributed by atoms with Gasteiger partial charge < -0.3 is 4.74 Å². The zero-order chi connectivity index (χ0) is 23.5. The van der Waals surface area contributed by atoms with E-state index < -0.39 is 17.6 Å². The number of amides is 1. The van der Waals surface area contributed by atoms with Crippen molar-refractivity contribution in [1.82, 2.24) is 4.98 Å². The molecule has 2 aromatic rings. The molecule has 0 atom stereocenters. The molecule has 164 valence electrons. The van der Waals surface area contributed by atoms with E-state index in [2.05, 4.69) is 16.6 Å². The van der Waals surface area contributed by atoms with Gasteiger partial charge in [0.2, 0.25) is 0 Å². The summed E-state index contributed by atoms with van der Waals surface area (Å²) in [4.78, 5) is 22.7. The van der Waals surface area contributed by atoms with Crippen LogP contribution in [-0.4, -0.2) is 37.4 Å². The number of nitriles is 1. The third-order valence-electron chi connectivity index (χ3n) is 4.32. The van der Waals surface area contributed by atoms with Gasteiger partial charge in [-0.2, -0.15) is 5.26 Å². The van der Waals surface area contributed by atoms with Crippen molar-refractivity contribution < 1.29 is 18.3 Å². The van der Waals surface area contributed by atoms with Crippen LogP contribution in [0.5, 0.6) is 0 Å². The van der Waals surface area contributed by atoms with Gasteiger partial charge in [-0.25, -0.2) is 8.78 Å². The van der Waals surface area contributed by atoms with Gasteiger partial charge in [-0.15, -0.1) is 0 Å². The van der Waals surface area contributed by atoms with E-state index >= 15 is 0 Å². The molecule has 0 bridgehead atoms. The summed E-state index contributed by atoms with van der Waals surface area (Å²) >= 11 is 0. The Labute approximate surface area is 185 Å². The van der Waals surface area contributed by atoms with Gasteiger partial charge in [-0.05, 0) is 37.3 Å². The average Bonchev–Trinajstić information content (AvgIpc) is 2.80. The number of halogens is 2. The number of aromatic nitrogens is 1. The van der Waals surface area contributed by atoms with Crippen LogP contribution in [0, 0.1) is 17.1 Å². The highest BCUT2D eigenvalue weighted by Crippen LogP contribution is 2.26. The SMILES string of the molecule is C=C(C(=O)N(/C(C)=C/CN=C/C(F)=C\COC)c1cccnc1)c1cccc(F)c1C#N. The summed E-state index contributed by atoms with van der Waals surface area (Å²) in [6.07, 6.45) is 6.95. The summed E-state index contributed by atoms with van der Waals surface area (Å²) in [5.41, 5.74) is 0.689. The number of ether oxygens (including phenoxy) is 1. The fraction of sp³-hybridized carbons (Fsp3) is 0.167. The number of anilines is 1. The molecule has 0 spiro atoms. The molecule has 1 aromatic carbocycles. The van der Waals surface area contributed by atoms with Gasteiger partial charge in [0.1, 0.15) is 17.7 Å². The average molecular weight is 436 g/mol. The topological polar surface area (TPSA) is 78.6 Å². The van der Waals surface area contributed by atoms with Crippen LogP contribution in [0.15, 0.2) is 78.0 Å². The number of nitrogens with zero attached hydrogens (tertiary/aromatic N) is 4. The van der Waals surface area contributed by atoms with Crippen molar-refractivity contribution in [3.05, 3.63) is 89.9 Å². The zero-order valence-electron chi connectivity index (χ0n) is 17.8. The lowest BCUT2D eigenvalue weighted by Gasteiger charge is -2.24. The maximum atomic E-state index is 14.0. The molecule has 0 saturated carbocycles. The molecule has 0 aliphatic carbocycles. The minimum absolute atomic E-state index is 0.0605. The van der Waals surface area contributed by atoms with E-state index in [9.17, 15) is 18.8 Å². The number of allylic oxidation sites excluding steroid dienone is 2. The van der Waals surface area contributed by atoms with Crippen LogP contribution in [0.1, 0.15) is 18.1 Å². The van der Waals surface area contributed by atoms with Crippen LogP contribution in [0.25, 0.3) is 5.57 Å². The summed E-state index contributed by atoms with van der Waals surface area (Å²) in [5.74, 6) is -1.84. The lowest BCUT2D eigenvalue weighted by Crippen LogP contribution is -2.30. The number of hydrogen-bond acceptors (Lipinski definition) is 5. The van der Waals surface area contributed by atoms with Crippen molar-refractivity contribution in [2.24, 2.45) is 4.99 Å². The summed E-state index contributed by atoms with van der Waals surface area (Å²) < 4.78 is 32.3. The van der Waals surface area contributed by atoms with E-state index in [1.807, 2.05) is 0 Å². The van der Waals surface area contributed by atoms with E-state index in [4.69, 9.17) is 4.74 Å². The number of carbonyl (C=O) groups excluding carboxylic acids is 1. The van der Waals surface area contributed by atoms with Crippen molar-refractivity contribution >= 4 is 23.4 Å². The molecular weight excluding hydrogens is 414 g/mol.